The van der Waals surface area contributed by atoms with Gasteiger partial charge >= 0.3 is 6.09 Å². The molecule has 1 aromatic carbocycles. The topological polar surface area (TPSA) is 91.0 Å². The van der Waals surface area contributed by atoms with E-state index < -0.39 is 6.09 Å². The number of aliphatic hydroxyl groups excluding tert-OH is 1. The van der Waals surface area contributed by atoms with E-state index in [0.717, 1.165) is 27.2 Å². The van der Waals surface area contributed by atoms with E-state index in [1.807, 2.05) is 60.8 Å². The zero-order valence-electron chi connectivity index (χ0n) is 16.0. The van der Waals surface area contributed by atoms with Gasteiger partial charge in [0.05, 0.1) is 17.2 Å². The van der Waals surface area contributed by atoms with Gasteiger partial charge in [0.15, 0.2) is 5.13 Å². The van der Waals surface area contributed by atoms with Crippen LogP contribution in [0.1, 0.15) is 19.5 Å². The van der Waals surface area contributed by atoms with Crippen molar-refractivity contribution in [3.63, 3.8) is 0 Å². The SMILES string of the molecule is CC(C)N(C(=O)O)c1ncc(-c2cc(-c3ccccc3)c3nc(CO)cn3c2)s1. The minimum absolute atomic E-state index is 0.141. The van der Waals surface area contributed by atoms with Gasteiger partial charge in [-0.15, -0.1) is 0 Å². The van der Waals surface area contributed by atoms with Crippen LogP contribution in [0.5, 0.6) is 0 Å². The number of carboxylic acid groups (broad SMARTS) is 1. The molecule has 0 atom stereocenters. The largest absolute Gasteiger partial charge is 0.465 e. The highest BCUT2D eigenvalue weighted by atomic mass is 32.1. The number of aliphatic hydroxyl groups is 1. The fraction of sp³-hybridized carbons (Fsp3) is 0.190. The Bertz CT molecular complexity index is 1170. The monoisotopic (exact) mass is 408 g/mol. The summed E-state index contributed by atoms with van der Waals surface area (Å²) in [7, 11) is 0. The Hall–Kier alpha value is -3.23. The van der Waals surface area contributed by atoms with Crippen LogP contribution in [0.3, 0.4) is 0 Å². The van der Waals surface area contributed by atoms with Gasteiger partial charge in [0, 0.05) is 35.8 Å². The molecule has 0 saturated carbocycles. The average Bonchev–Trinajstić information content (AvgIpc) is 3.34. The van der Waals surface area contributed by atoms with E-state index in [9.17, 15) is 15.0 Å². The maximum absolute atomic E-state index is 11.6. The van der Waals surface area contributed by atoms with Crippen molar-refractivity contribution in [2.75, 3.05) is 4.90 Å². The van der Waals surface area contributed by atoms with Gasteiger partial charge in [-0.05, 0) is 25.5 Å². The fourth-order valence-corrected chi connectivity index (χ4v) is 4.25. The van der Waals surface area contributed by atoms with Gasteiger partial charge in [0.2, 0.25) is 0 Å². The van der Waals surface area contributed by atoms with Gasteiger partial charge in [-0.2, -0.15) is 0 Å². The molecule has 0 aliphatic heterocycles. The van der Waals surface area contributed by atoms with E-state index in [1.54, 1.807) is 12.4 Å². The normalized spacial score (nSPS) is 11.3. The summed E-state index contributed by atoms with van der Waals surface area (Å²) in [5.41, 5.74) is 4.17. The molecule has 1 amide bonds. The zero-order valence-corrected chi connectivity index (χ0v) is 16.8. The van der Waals surface area contributed by atoms with Crippen molar-refractivity contribution in [3.05, 3.63) is 60.7 Å². The summed E-state index contributed by atoms with van der Waals surface area (Å²) in [4.78, 5) is 22.6. The van der Waals surface area contributed by atoms with Crippen molar-refractivity contribution in [3.8, 4) is 21.6 Å². The fourth-order valence-electron chi connectivity index (χ4n) is 3.22. The number of nitrogens with zero attached hydrogens (tertiary/aromatic N) is 4. The molecule has 3 aromatic heterocycles. The number of amides is 1. The number of hydrogen-bond donors (Lipinski definition) is 2. The van der Waals surface area contributed by atoms with Crippen LogP contribution in [0.2, 0.25) is 0 Å². The average molecular weight is 408 g/mol. The van der Waals surface area contributed by atoms with Crippen LogP contribution >= 0.6 is 11.3 Å². The molecule has 4 aromatic rings. The van der Waals surface area contributed by atoms with Crippen LogP contribution in [0.25, 0.3) is 27.2 Å². The Morgan fingerprint density at radius 2 is 1.97 bits per heavy atom. The number of imidazole rings is 1. The number of thiazole rings is 1. The summed E-state index contributed by atoms with van der Waals surface area (Å²) >= 11 is 1.33. The third-order valence-corrected chi connectivity index (χ3v) is 5.60. The molecular formula is C21H20N4O3S. The number of aromatic nitrogens is 3. The molecule has 4 rings (SSSR count). The molecular weight excluding hydrogens is 388 g/mol. The Kier molecular flexibility index (Phi) is 5.04. The number of anilines is 1. The van der Waals surface area contributed by atoms with Crippen molar-refractivity contribution in [2.45, 2.75) is 26.5 Å². The van der Waals surface area contributed by atoms with Crippen LogP contribution in [-0.2, 0) is 6.61 Å². The molecule has 7 nitrogen and oxygen atoms in total. The van der Waals surface area contributed by atoms with Crippen molar-refractivity contribution < 1.29 is 15.0 Å². The molecule has 0 spiro atoms. The first-order chi connectivity index (χ1) is 14.0. The first-order valence-corrected chi connectivity index (χ1v) is 9.96. The van der Waals surface area contributed by atoms with Crippen molar-refractivity contribution in [1.82, 2.24) is 14.4 Å². The van der Waals surface area contributed by atoms with Gasteiger partial charge in [0.1, 0.15) is 5.65 Å². The lowest BCUT2D eigenvalue weighted by Gasteiger charge is -2.19. The predicted molar refractivity (Wildman–Crippen MR) is 113 cm³/mol. The Morgan fingerprint density at radius 3 is 2.62 bits per heavy atom. The second kappa shape index (κ2) is 7.65. The lowest BCUT2D eigenvalue weighted by atomic mass is 10.0. The number of carbonyl (C=O) groups is 1. The molecule has 0 aliphatic rings. The molecule has 3 heterocycles. The minimum atomic E-state index is -1.02. The van der Waals surface area contributed by atoms with Gasteiger partial charge < -0.3 is 14.6 Å². The first kappa shape index (κ1) is 19.1. The van der Waals surface area contributed by atoms with Gasteiger partial charge in [-0.25, -0.2) is 14.8 Å². The number of benzene rings is 1. The van der Waals surface area contributed by atoms with Crippen LogP contribution in [0.15, 0.2) is 55.0 Å². The molecule has 29 heavy (non-hydrogen) atoms. The smallest absolute Gasteiger partial charge is 0.413 e. The second-order valence-electron chi connectivity index (χ2n) is 6.88. The van der Waals surface area contributed by atoms with Crippen LogP contribution in [0.4, 0.5) is 9.93 Å². The molecule has 0 saturated heterocycles. The van der Waals surface area contributed by atoms with E-state index in [-0.39, 0.29) is 12.6 Å². The van der Waals surface area contributed by atoms with E-state index in [1.165, 1.54) is 16.2 Å². The molecule has 8 heteroatoms. The summed E-state index contributed by atoms with van der Waals surface area (Å²) in [5, 5.41) is 19.4. The van der Waals surface area contributed by atoms with Crippen LogP contribution in [0, 0.1) is 0 Å². The second-order valence-corrected chi connectivity index (χ2v) is 7.89. The summed E-state index contributed by atoms with van der Waals surface area (Å²) < 4.78 is 1.89. The Labute approximate surface area is 171 Å². The number of pyridine rings is 1. The summed E-state index contributed by atoms with van der Waals surface area (Å²) in [6.45, 7) is 3.49. The Balaban J connectivity index is 1.86. The van der Waals surface area contributed by atoms with E-state index in [4.69, 9.17) is 0 Å². The molecule has 0 bridgehead atoms. The molecule has 0 aliphatic carbocycles. The predicted octanol–water partition coefficient (Wildman–Crippen LogP) is 4.51. The van der Waals surface area contributed by atoms with Gasteiger partial charge in [-0.3, -0.25) is 4.90 Å². The highest BCUT2D eigenvalue weighted by molar-refractivity contribution is 7.19. The van der Waals surface area contributed by atoms with E-state index in [0.29, 0.717) is 10.8 Å². The summed E-state index contributed by atoms with van der Waals surface area (Å²) in [6.07, 6.45) is 4.39. The van der Waals surface area contributed by atoms with E-state index in [2.05, 4.69) is 9.97 Å². The molecule has 2 N–H and O–H groups in total. The zero-order chi connectivity index (χ0) is 20.5. The van der Waals surface area contributed by atoms with Crippen molar-refractivity contribution in [1.29, 1.82) is 0 Å². The first-order valence-electron chi connectivity index (χ1n) is 9.14. The maximum Gasteiger partial charge on any atom is 0.413 e. The van der Waals surface area contributed by atoms with E-state index >= 15 is 0 Å². The molecule has 0 radical (unpaired) electrons. The third-order valence-electron chi connectivity index (χ3n) is 4.55. The lowest BCUT2D eigenvalue weighted by Crippen LogP contribution is -2.35. The minimum Gasteiger partial charge on any atom is -0.465 e. The van der Waals surface area contributed by atoms with Gasteiger partial charge in [-0.1, -0.05) is 41.7 Å². The lowest BCUT2D eigenvalue weighted by molar-refractivity contribution is 0.200. The highest BCUT2D eigenvalue weighted by Gasteiger charge is 2.22. The molecule has 0 fully saturated rings. The molecule has 148 valence electrons. The molecule has 0 unspecified atom stereocenters. The van der Waals surface area contributed by atoms with Crippen molar-refractivity contribution in [2.24, 2.45) is 0 Å². The quantitative estimate of drug-likeness (QED) is 0.507. The Morgan fingerprint density at radius 1 is 1.21 bits per heavy atom. The number of hydrogen-bond acceptors (Lipinski definition) is 5. The summed E-state index contributed by atoms with van der Waals surface area (Å²) in [6, 6.07) is 11.7. The number of rotatable bonds is 5. The van der Waals surface area contributed by atoms with Crippen molar-refractivity contribution >= 4 is 28.2 Å². The highest BCUT2D eigenvalue weighted by Crippen LogP contribution is 2.35. The number of fused-ring (bicyclic) bond motifs is 1. The summed E-state index contributed by atoms with van der Waals surface area (Å²) in [5.74, 6) is 0. The standard InChI is InChI=1S/C21H20N4O3S/c1-13(2)25(21(27)28)20-22-9-18(29-20)15-8-17(14-6-4-3-5-7-14)19-23-16(12-26)11-24(19)10-15/h3-11,13,26H,12H2,1-2H3,(H,27,28). The van der Waals surface area contributed by atoms with Gasteiger partial charge in [0.25, 0.3) is 0 Å². The van der Waals surface area contributed by atoms with Crippen LogP contribution < -0.4 is 4.90 Å². The van der Waals surface area contributed by atoms with Crippen LogP contribution in [-0.4, -0.2) is 36.7 Å². The third kappa shape index (κ3) is 3.59. The maximum atomic E-state index is 11.6.